The van der Waals surface area contributed by atoms with Crippen LogP contribution in [0.1, 0.15) is 13.3 Å². The summed E-state index contributed by atoms with van der Waals surface area (Å²) in [6, 6.07) is 7.58. The highest BCUT2D eigenvalue weighted by molar-refractivity contribution is 7.91. The van der Waals surface area contributed by atoms with Crippen LogP contribution in [0, 0.1) is 0 Å². The third-order valence-corrected chi connectivity index (χ3v) is 4.28. The van der Waals surface area contributed by atoms with Crippen molar-refractivity contribution in [1.82, 2.24) is 0 Å². The molecule has 1 rings (SSSR count). The highest BCUT2D eigenvalue weighted by Gasteiger charge is 2.06. The number of anilines is 1. The minimum absolute atomic E-state index is 0.210. The van der Waals surface area contributed by atoms with Gasteiger partial charge in [0.15, 0.2) is 0 Å². The molecule has 17 heavy (non-hydrogen) atoms. The van der Waals surface area contributed by atoms with Gasteiger partial charge in [0, 0.05) is 12.3 Å². The van der Waals surface area contributed by atoms with Crippen molar-refractivity contribution < 1.29 is 13.2 Å². The summed E-state index contributed by atoms with van der Waals surface area (Å²) in [6.45, 7) is 2.29. The molecule has 1 aromatic carbocycles. The number of rotatable bonds is 7. The SMILES string of the molecule is CCS(=O)(=O)CCCNc1ccccc1OC. The van der Waals surface area contributed by atoms with Crippen LogP contribution in [0.15, 0.2) is 24.3 Å². The molecule has 0 spiro atoms. The fraction of sp³-hybridized carbons (Fsp3) is 0.500. The van der Waals surface area contributed by atoms with E-state index in [0.717, 1.165) is 11.4 Å². The van der Waals surface area contributed by atoms with Crippen molar-refractivity contribution in [3.63, 3.8) is 0 Å². The molecule has 1 aromatic rings. The fourth-order valence-corrected chi connectivity index (χ4v) is 2.32. The zero-order chi connectivity index (χ0) is 12.7. The molecule has 4 nitrogen and oxygen atoms in total. The number of nitrogens with one attached hydrogen (secondary N) is 1. The quantitative estimate of drug-likeness (QED) is 0.758. The number of para-hydroxylation sites is 2. The molecule has 5 heteroatoms. The molecule has 0 aliphatic rings. The van der Waals surface area contributed by atoms with Crippen molar-refractivity contribution in [2.45, 2.75) is 13.3 Å². The van der Waals surface area contributed by atoms with E-state index in [1.165, 1.54) is 0 Å². The van der Waals surface area contributed by atoms with Crippen molar-refractivity contribution in [2.75, 3.05) is 30.5 Å². The number of hydrogen-bond donors (Lipinski definition) is 1. The fourth-order valence-electron chi connectivity index (χ4n) is 1.45. The predicted octanol–water partition coefficient (Wildman–Crippen LogP) is 1.93. The first-order chi connectivity index (χ1) is 8.09. The van der Waals surface area contributed by atoms with Crippen molar-refractivity contribution in [3.05, 3.63) is 24.3 Å². The van der Waals surface area contributed by atoms with Crippen LogP contribution >= 0.6 is 0 Å². The Labute approximate surface area is 103 Å². The Bertz CT molecular complexity index is 443. The van der Waals surface area contributed by atoms with E-state index in [9.17, 15) is 8.42 Å². The molecule has 1 N–H and O–H groups in total. The maximum Gasteiger partial charge on any atom is 0.150 e. The highest BCUT2D eigenvalue weighted by Crippen LogP contribution is 2.22. The van der Waals surface area contributed by atoms with Gasteiger partial charge in [-0.2, -0.15) is 0 Å². The van der Waals surface area contributed by atoms with Gasteiger partial charge in [0.2, 0.25) is 0 Å². The second-order valence-electron chi connectivity index (χ2n) is 3.72. The molecular formula is C12H19NO3S. The molecule has 0 amide bonds. The molecule has 0 atom stereocenters. The number of ether oxygens (including phenoxy) is 1. The second kappa shape index (κ2) is 6.49. The number of sulfone groups is 1. The van der Waals surface area contributed by atoms with Crippen LogP contribution in [0.25, 0.3) is 0 Å². The first-order valence-electron chi connectivity index (χ1n) is 5.66. The molecule has 96 valence electrons. The smallest absolute Gasteiger partial charge is 0.150 e. The Morgan fingerprint density at radius 1 is 1.29 bits per heavy atom. The van der Waals surface area contributed by atoms with Crippen LogP contribution < -0.4 is 10.1 Å². The Hall–Kier alpha value is -1.23. The molecule has 0 bridgehead atoms. The first kappa shape index (κ1) is 13.8. The van der Waals surface area contributed by atoms with Gasteiger partial charge in [-0.15, -0.1) is 0 Å². The molecule has 0 unspecified atom stereocenters. The van der Waals surface area contributed by atoms with E-state index in [-0.39, 0.29) is 11.5 Å². The van der Waals surface area contributed by atoms with Gasteiger partial charge in [0.25, 0.3) is 0 Å². The van der Waals surface area contributed by atoms with Crippen molar-refractivity contribution in [3.8, 4) is 5.75 Å². The number of methoxy groups -OCH3 is 1. The van der Waals surface area contributed by atoms with E-state index in [4.69, 9.17) is 4.74 Å². The zero-order valence-electron chi connectivity index (χ0n) is 10.3. The molecule has 0 aromatic heterocycles. The predicted molar refractivity (Wildman–Crippen MR) is 70.4 cm³/mol. The standard InChI is InChI=1S/C12H19NO3S/c1-3-17(14,15)10-6-9-13-11-7-4-5-8-12(11)16-2/h4-5,7-8,13H,3,6,9-10H2,1-2H3. The lowest BCUT2D eigenvalue weighted by atomic mass is 10.3. The topological polar surface area (TPSA) is 55.4 Å². The highest BCUT2D eigenvalue weighted by atomic mass is 32.2. The van der Waals surface area contributed by atoms with Gasteiger partial charge in [-0.1, -0.05) is 19.1 Å². The lowest BCUT2D eigenvalue weighted by molar-refractivity contribution is 0.416. The van der Waals surface area contributed by atoms with Gasteiger partial charge >= 0.3 is 0 Å². The lowest BCUT2D eigenvalue weighted by Gasteiger charge is -2.10. The van der Waals surface area contributed by atoms with Crippen LogP contribution in [0.4, 0.5) is 5.69 Å². The van der Waals surface area contributed by atoms with E-state index in [1.807, 2.05) is 24.3 Å². The third-order valence-electron chi connectivity index (χ3n) is 2.49. The Kier molecular flexibility index (Phi) is 5.28. The van der Waals surface area contributed by atoms with E-state index in [0.29, 0.717) is 13.0 Å². The summed E-state index contributed by atoms with van der Waals surface area (Å²) in [5, 5.41) is 3.17. The van der Waals surface area contributed by atoms with Gasteiger partial charge in [0.1, 0.15) is 15.6 Å². The van der Waals surface area contributed by atoms with E-state index < -0.39 is 9.84 Å². The summed E-state index contributed by atoms with van der Waals surface area (Å²) in [6.07, 6.45) is 0.605. The molecule has 0 aliphatic heterocycles. The van der Waals surface area contributed by atoms with Crippen molar-refractivity contribution in [2.24, 2.45) is 0 Å². The minimum Gasteiger partial charge on any atom is -0.495 e. The summed E-state index contributed by atoms with van der Waals surface area (Å²) in [4.78, 5) is 0. The molecule has 0 aliphatic carbocycles. The zero-order valence-corrected chi connectivity index (χ0v) is 11.1. The average Bonchev–Trinajstić information content (AvgIpc) is 2.35. The average molecular weight is 257 g/mol. The van der Waals surface area contributed by atoms with Crippen LogP contribution in [0.5, 0.6) is 5.75 Å². The second-order valence-corrected chi connectivity index (χ2v) is 6.19. The maximum atomic E-state index is 11.3. The van der Waals surface area contributed by atoms with E-state index in [2.05, 4.69) is 5.32 Å². The molecular weight excluding hydrogens is 238 g/mol. The van der Waals surface area contributed by atoms with Gasteiger partial charge in [-0.05, 0) is 18.6 Å². The van der Waals surface area contributed by atoms with Crippen LogP contribution in [-0.2, 0) is 9.84 Å². The summed E-state index contributed by atoms with van der Waals surface area (Å²) in [5.41, 5.74) is 0.892. The normalized spacial score (nSPS) is 11.2. The summed E-state index contributed by atoms with van der Waals surface area (Å²) in [5.74, 6) is 1.21. The van der Waals surface area contributed by atoms with Crippen LogP contribution in [0.3, 0.4) is 0 Å². The third kappa shape index (κ3) is 4.65. The van der Waals surface area contributed by atoms with Crippen molar-refractivity contribution >= 4 is 15.5 Å². The van der Waals surface area contributed by atoms with Gasteiger partial charge in [-0.25, -0.2) is 8.42 Å². The molecule has 0 heterocycles. The monoisotopic (exact) mass is 257 g/mol. The lowest BCUT2D eigenvalue weighted by Crippen LogP contribution is -2.13. The van der Waals surface area contributed by atoms with Crippen LogP contribution in [0.2, 0.25) is 0 Å². The largest absolute Gasteiger partial charge is 0.495 e. The number of benzene rings is 1. The summed E-state index contributed by atoms with van der Waals surface area (Å²) < 4.78 is 27.7. The molecule has 0 fully saturated rings. The Morgan fingerprint density at radius 2 is 2.00 bits per heavy atom. The van der Waals surface area contributed by atoms with Gasteiger partial charge in [-0.3, -0.25) is 0 Å². The van der Waals surface area contributed by atoms with Gasteiger partial charge < -0.3 is 10.1 Å². The molecule has 0 radical (unpaired) electrons. The summed E-state index contributed by atoms with van der Waals surface area (Å²) in [7, 11) is -1.25. The van der Waals surface area contributed by atoms with E-state index >= 15 is 0 Å². The maximum absolute atomic E-state index is 11.3. The Balaban J connectivity index is 2.41. The van der Waals surface area contributed by atoms with Crippen LogP contribution in [-0.4, -0.2) is 33.6 Å². The molecule has 0 saturated carbocycles. The van der Waals surface area contributed by atoms with Crippen molar-refractivity contribution in [1.29, 1.82) is 0 Å². The van der Waals surface area contributed by atoms with Gasteiger partial charge in [0.05, 0.1) is 18.6 Å². The number of hydrogen-bond acceptors (Lipinski definition) is 4. The Morgan fingerprint density at radius 3 is 2.65 bits per heavy atom. The molecule has 0 saturated heterocycles. The van der Waals surface area contributed by atoms with E-state index in [1.54, 1.807) is 14.0 Å². The first-order valence-corrected chi connectivity index (χ1v) is 7.48. The minimum atomic E-state index is -2.86. The summed E-state index contributed by atoms with van der Waals surface area (Å²) >= 11 is 0.